The summed E-state index contributed by atoms with van der Waals surface area (Å²) in [5, 5.41) is 45.8. The first-order valence-corrected chi connectivity index (χ1v) is 4.53. The summed E-state index contributed by atoms with van der Waals surface area (Å²) in [6, 6.07) is 0. The number of aliphatic carboxylic acids is 3. The Morgan fingerprint density at radius 2 is 0.947 bits per heavy atom. The number of carboxylic acid groups (broad SMARTS) is 4. The molecule has 0 aromatic heterocycles. The standard InChI is InChI=1S/2C3H6O3.C2H4O2.CH2O2/c2*1-2(4)3(5)6;1-2(3)4;2-1-3/h2*2,4H,1H3,(H,5,6);1H3,(H,3,4);1H,(H,2,3). The van der Waals surface area contributed by atoms with Gasteiger partial charge in [-0.25, -0.2) is 9.59 Å². The maximum Gasteiger partial charge on any atom is 0.332 e. The number of hydrogen-bond acceptors (Lipinski definition) is 6. The third kappa shape index (κ3) is 89.4. The minimum Gasteiger partial charge on any atom is -0.483 e. The third-order valence-corrected chi connectivity index (χ3v) is 0.715. The van der Waals surface area contributed by atoms with Gasteiger partial charge < -0.3 is 30.6 Å². The van der Waals surface area contributed by atoms with E-state index in [4.69, 9.17) is 40.2 Å². The van der Waals surface area contributed by atoms with E-state index in [0.29, 0.717) is 0 Å². The summed E-state index contributed by atoms with van der Waals surface area (Å²) in [7, 11) is 0. The van der Waals surface area contributed by atoms with Crippen LogP contribution in [0.4, 0.5) is 0 Å². The Kier molecular flexibility index (Phi) is 24.5. The average molecular weight is 286 g/mol. The number of rotatable bonds is 2. The highest BCUT2D eigenvalue weighted by atomic mass is 16.4. The molecule has 19 heavy (non-hydrogen) atoms. The number of aliphatic hydroxyl groups is 2. The zero-order chi connectivity index (χ0) is 16.6. The molecular formula is C9H18O10. The Morgan fingerprint density at radius 1 is 0.895 bits per heavy atom. The molecule has 0 saturated carbocycles. The van der Waals surface area contributed by atoms with Crippen molar-refractivity contribution in [3.8, 4) is 0 Å². The van der Waals surface area contributed by atoms with E-state index in [9.17, 15) is 9.59 Å². The smallest absolute Gasteiger partial charge is 0.332 e. The number of carbonyl (C=O) groups is 4. The maximum absolute atomic E-state index is 9.45. The predicted octanol–water partition coefficient (Wildman–Crippen LogP) is -1.30. The molecule has 114 valence electrons. The van der Waals surface area contributed by atoms with Crippen LogP contribution in [-0.4, -0.2) is 67.2 Å². The van der Waals surface area contributed by atoms with E-state index >= 15 is 0 Å². The summed E-state index contributed by atoms with van der Waals surface area (Å²) in [4.78, 5) is 36.3. The van der Waals surface area contributed by atoms with Gasteiger partial charge in [-0.15, -0.1) is 0 Å². The van der Waals surface area contributed by atoms with Crippen LogP contribution in [0, 0.1) is 0 Å². The predicted molar refractivity (Wildman–Crippen MR) is 60.6 cm³/mol. The van der Waals surface area contributed by atoms with Crippen molar-refractivity contribution in [2.45, 2.75) is 33.0 Å². The highest BCUT2D eigenvalue weighted by Gasteiger charge is 2.01. The summed E-state index contributed by atoms with van der Waals surface area (Å²) in [6.07, 6.45) is -2.46. The minimum absolute atomic E-state index is 0.250. The molecule has 0 rings (SSSR count). The van der Waals surface area contributed by atoms with Crippen molar-refractivity contribution < 1.29 is 49.8 Å². The molecule has 0 radical (unpaired) electrons. The highest BCUT2D eigenvalue weighted by molar-refractivity contribution is 5.71. The van der Waals surface area contributed by atoms with E-state index < -0.39 is 30.1 Å². The lowest BCUT2D eigenvalue weighted by Gasteiger charge is -1.89. The van der Waals surface area contributed by atoms with E-state index in [1.54, 1.807) is 0 Å². The highest BCUT2D eigenvalue weighted by Crippen LogP contribution is 1.73. The van der Waals surface area contributed by atoms with Crippen LogP contribution in [0.1, 0.15) is 20.8 Å². The quantitative estimate of drug-likeness (QED) is 0.332. The summed E-state index contributed by atoms with van der Waals surface area (Å²) in [6.45, 7) is 3.23. The zero-order valence-electron chi connectivity index (χ0n) is 10.5. The molecule has 2 unspecified atom stereocenters. The van der Waals surface area contributed by atoms with Crippen LogP contribution in [0.25, 0.3) is 0 Å². The fourth-order valence-corrected chi connectivity index (χ4v) is 0. The topological polar surface area (TPSA) is 190 Å². The first-order chi connectivity index (χ1) is 8.43. The van der Waals surface area contributed by atoms with E-state index in [1.165, 1.54) is 13.8 Å². The molecule has 0 bridgehead atoms. The molecule has 0 aromatic carbocycles. The van der Waals surface area contributed by atoms with Crippen molar-refractivity contribution in [2.24, 2.45) is 0 Å². The molecule has 0 amide bonds. The van der Waals surface area contributed by atoms with Crippen molar-refractivity contribution in [1.82, 2.24) is 0 Å². The van der Waals surface area contributed by atoms with Crippen LogP contribution in [0.5, 0.6) is 0 Å². The molecule has 0 aliphatic heterocycles. The van der Waals surface area contributed by atoms with E-state index in [2.05, 4.69) is 0 Å². The normalized spacial score (nSPS) is 10.6. The second-order valence-electron chi connectivity index (χ2n) is 2.65. The zero-order valence-corrected chi connectivity index (χ0v) is 10.5. The van der Waals surface area contributed by atoms with Crippen LogP contribution in [0.3, 0.4) is 0 Å². The Bertz CT molecular complexity index is 236. The minimum atomic E-state index is -1.23. The van der Waals surface area contributed by atoms with Gasteiger partial charge in [0.05, 0.1) is 0 Å². The summed E-state index contributed by atoms with van der Waals surface area (Å²) in [5.41, 5.74) is 0. The Labute approximate surface area is 108 Å². The number of carboxylic acids is 3. The van der Waals surface area contributed by atoms with Gasteiger partial charge >= 0.3 is 11.9 Å². The molecule has 6 N–H and O–H groups in total. The lowest BCUT2D eigenvalue weighted by molar-refractivity contribution is -0.146. The Morgan fingerprint density at radius 3 is 0.947 bits per heavy atom. The summed E-state index contributed by atoms with van der Waals surface area (Å²) >= 11 is 0. The van der Waals surface area contributed by atoms with E-state index in [-0.39, 0.29) is 6.47 Å². The van der Waals surface area contributed by atoms with Crippen LogP contribution in [0.2, 0.25) is 0 Å². The SMILES string of the molecule is CC(=O)O.CC(O)C(=O)O.CC(O)C(=O)O.O=CO. The van der Waals surface area contributed by atoms with E-state index in [0.717, 1.165) is 6.92 Å². The molecule has 0 saturated heterocycles. The average Bonchev–Trinajstić information content (AvgIpc) is 2.18. The molecule has 10 nitrogen and oxygen atoms in total. The van der Waals surface area contributed by atoms with Crippen LogP contribution in [-0.2, 0) is 19.2 Å². The molecule has 10 heteroatoms. The van der Waals surface area contributed by atoms with Crippen molar-refractivity contribution in [2.75, 3.05) is 0 Å². The van der Waals surface area contributed by atoms with Gasteiger partial charge in [0.2, 0.25) is 0 Å². The third-order valence-electron chi connectivity index (χ3n) is 0.715. The number of hydrogen-bond donors (Lipinski definition) is 6. The van der Waals surface area contributed by atoms with Gasteiger partial charge in [0.15, 0.2) is 0 Å². The van der Waals surface area contributed by atoms with Crippen molar-refractivity contribution >= 4 is 24.4 Å². The Hall–Kier alpha value is -2.20. The Balaban J connectivity index is -0.0000000821. The van der Waals surface area contributed by atoms with Gasteiger partial charge in [0.25, 0.3) is 12.4 Å². The molecule has 0 heterocycles. The van der Waals surface area contributed by atoms with E-state index in [1.807, 2.05) is 0 Å². The van der Waals surface area contributed by atoms with Crippen molar-refractivity contribution in [3.05, 3.63) is 0 Å². The molecule has 0 spiro atoms. The monoisotopic (exact) mass is 286 g/mol. The summed E-state index contributed by atoms with van der Waals surface area (Å²) in [5.74, 6) is -3.20. The van der Waals surface area contributed by atoms with Gasteiger partial charge in [0, 0.05) is 6.92 Å². The first-order valence-electron chi connectivity index (χ1n) is 4.53. The first kappa shape index (κ1) is 25.6. The van der Waals surface area contributed by atoms with Crippen LogP contribution in [0.15, 0.2) is 0 Å². The largest absolute Gasteiger partial charge is 0.483 e. The molecule has 2 atom stereocenters. The van der Waals surface area contributed by atoms with Crippen molar-refractivity contribution in [1.29, 1.82) is 0 Å². The number of aliphatic hydroxyl groups excluding tert-OH is 2. The van der Waals surface area contributed by atoms with Gasteiger partial charge in [-0.1, -0.05) is 0 Å². The molecular weight excluding hydrogens is 268 g/mol. The van der Waals surface area contributed by atoms with Gasteiger partial charge in [0.1, 0.15) is 12.2 Å². The fraction of sp³-hybridized carbons (Fsp3) is 0.556. The van der Waals surface area contributed by atoms with Gasteiger partial charge in [-0.3, -0.25) is 9.59 Å². The maximum atomic E-state index is 9.45. The summed E-state index contributed by atoms with van der Waals surface area (Å²) < 4.78 is 0. The van der Waals surface area contributed by atoms with Crippen LogP contribution >= 0.6 is 0 Å². The molecule has 0 aromatic rings. The fourth-order valence-electron chi connectivity index (χ4n) is 0. The lowest BCUT2D eigenvalue weighted by atomic mass is 10.4. The molecule has 0 aliphatic rings. The van der Waals surface area contributed by atoms with Gasteiger partial charge in [-0.2, -0.15) is 0 Å². The lowest BCUT2D eigenvalue weighted by Crippen LogP contribution is -2.13. The van der Waals surface area contributed by atoms with Gasteiger partial charge in [-0.05, 0) is 13.8 Å². The van der Waals surface area contributed by atoms with Crippen molar-refractivity contribution in [3.63, 3.8) is 0 Å². The van der Waals surface area contributed by atoms with Crippen LogP contribution < -0.4 is 0 Å². The second-order valence-corrected chi connectivity index (χ2v) is 2.65. The molecule has 0 aliphatic carbocycles. The second kappa shape index (κ2) is 18.2. The molecule has 0 fully saturated rings.